The molecule has 1 aromatic carbocycles. The molecule has 0 bridgehead atoms. The third kappa shape index (κ3) is 4.35. The van der Waals surface area contributed by atoms with Gasteiger partial charge in [0.15, 0.2) is 0 Å². The number of rotatable bonds is 4. The molecular formula is C15H22F3N3. The van der Waals surface area contributed by atoms with Gasteiger partial charge in [-0.15, -0.1) is 0 Å². The maximum Gasteiger partial charge on any atom is 0.401 e. The van der Waals surface area contributed by atoms with Gasteiger partial charge < -0.3 is 10.6 Å². The fourth-order valence-electron chi connectivity index (χ4n) is 2.71. The van der Waals surface area contributed by atoms with Crippen LogP contribution in [0.5, 0.6) is 0 Å². The number of hydrogen-bond acceptors (Lipinski definition) is 3. The van der Waals surface area contributed by atoms with E-state index >= 15 is 0 Å². The first-order valence-corrected chi connectivity index (χ1v) is 7.29. The quantitative estimate of drug-likeness (QED) is 0.928. The largest absolute Gasteiger partial charge is 0.401 e. The number of nitrogens with two attached hydrogens (primary N) is 1. The van der Waals surface area contributed by atoms with Gasteiger partial charge in [0.05, 0.1) is 6.54 Å². The Morgan fingerprint density at radius 2 is 1.76 bits per heavy atom. The van der Waals surface area contributed by atoms with Crippen molar-refractivity contribution in [2.45, 2.75) is 25.6 Å². The van der Waals surface area contributed by atoms with Gasteiger partial charge in [-0.2, -0.15) is 13.2 Å². The van der Waals surface area contributed by atoms with E-state index in [9.17, 15) is 13.2 Å². The van der Waals surface area contributed by atoms with Crippen molar-refractivity contribution in [3.8, 4) is 0 Å². The minimum absolute atomic E-state index is 0.0330. The minimum atomic E-state index is -4.12. The van der Waals surface area contributed by atoms with Crippen LogP contribution in [0.25, 0.3) is 0 Å². The SMILES string of the molecule is CC[C@H](N)c1ccccc1N1CCN(CC(F)(F)F)CC1. The average Bonchev–Trinajstić information content (AvgIpc) is 2.45. The van der Waals surface area contributed by atoms with Crippen LogP contribution in [0.4, 0.5) is 18.9 Å². The first-order valence-electron chi connectivity index (χ1n) is 7.29. The number of piperazine rings is 1. The van der Waals surface area contributed by atoms with Crippen molar-refractivity contribution >= 4 is 5.69 Å². The second kappa shape index (κ2) is 6.66. The number of benzene rings is 1. The van der Waals surface area contributed by atoms with Gasteiger partial charge in [0.1, 0.15) is 0 Å². The molecule has 0 saturated carbocycles. The monoisotopic (exact) mass is 301 g/mol. The highest BCUT2D eigenvalue weighted by atomic mass is 19.4. The van der Waals surface area contributed by atoms with Gasteiger partial charge in [0.2, 0.25) is 0 Å². The van der Waals surface area contributed by atoms with Crippen molar-refractivity contribution in [2.75, 3.05) is 37.6 Å². The Bertz CT molecular complexity index is 454. The van der Waals surface area contributed by atoms with E-state index < -0.39 is 12.7 Å². The summed E-state index contributed by atoms with van der Waals surface area (Å²) < 4.78 is 37.2. The fraction of sp³-hybridized carbons (Fsp3) is 0.600. The van der Waals surface area contributed by atoms with Gasteiger partial charge >= 0.3 is 6.18 Å². The summed E-state index contributed by atoms with van der Waals surface area (Å²) >= 11 is 0. The molecule has 1 saturated heterocycles. The summed E-state index contributed by atoms with van der Waals surface area (Å²) in [4.78, 5) is 3.59. The molecule has 1 aromatic rings. The van der Waals surface area contributed by atoms with Gasteiger partial charge in [0, 0.05) is 37.9 Å². The summed E-state index contributed by atoms with van der Waals surface area (Å²) in [7, 11) is 0. The van der Waals surface area contributed by atoms with Gasteiger partial charge in [0.25, 0.3) is 0 Å². The zero-order valence-electron chi connectivity index (χ0n) is 12.2. The first-order chi connectivity index (χ1) is 9.90. The molecule has 0 unspecified atom stereocenters. The van der Waals surface area contributed by atoms with Crippen molar-refractivity contribution < 1.29 is 13.2 Å². The van der Waals surface area contributed by atoms with Crippen LogP contribution in [0.1, 0.15) is 24.9 Å². The third-order valence-corrected chi connectivity index (χ3v) is 3.89. The molecule has 6 heteroatoms. The summed E-state index contributed by atoms with van der Waals surface area (Å²) in [5, 5.41) is 0. The van der Waals surface area contributed by atoms with E-state index in [0.29, 0.717) is 26.2 Å². The zero-order chi connectivity index (χ0) is 15.5. The lowest BCUT2D eigenvalue weighted by Crippen LogP contribution is -2.49. The smallest absolute Gasteiger partial charge is 0.369 e. The highest BCUT2D eigenvalue weighted by molar-refractivity contribution is 5.55. The van der Waals surface area contributed by atoms with Crippen molar-refractivity contribution in [2.24, 2.45) is 5.73 Å². The summed E-state index contributed by atoms with van der Waals surface area (Å²) in [6.45, 7) is 3.26. The number of alkyl halides is 3. The van der Waals surface area contributed by atoms with Crippen molar-refractivity contribution in [1.82, 2.24) is 4.90 Å². The number of hydrogen-bond donors (Lipinski definition) is 1. The van der Waals surface area contributed by atoms with Crippen LogP contribution in [0.3, 0.4) is 0 Å². The van der Waals surface area contributed by atoms with Crippen molar-refractivity contribution in [1.29, 1.82) is 0 Å². The third-order valence-electron chi connectivity index (χ3n) is 3.89. The van der Waals surface area contributed by atoms with Crippen LogP contribution >= 0.6 is 0 Å². The molecule has 1 atom stereocenters. The topological polar surface area (TPSA) is 32.5 Å². The highest BCUT2D eigenvalue weighted by Gasteiger charge is 2.32. The standard InChI is InChI=1S/C15H22F3N3/c1-2-13(19)12-5-3-4-6-14(12)21-9-7-20(8-10-21)11-15(16,17)18/h3-6,13H,2,7-11,19H2,1H3/t13-/m0/s1. The number of nitrogens with zero attached hydrogens (tertiary/aromatic N) is 2. The first kappa shape index (κ1) is 16.1. The van der Waals surface area contributed by atoms with E-state index in [1.54, 1.807) is 0 Å². The molecule has 118 valence electrons. The Kier molecular flexibility index (Phi) is 5.11. The Morgan fingerprint density at radius 1 is 1.14 bits per heavy atom. The lowest BCUT2D eigenvalue weighted by Gasteiger charge is -2.37. The maximum atomic E-state index is 12.4. The minimum Gasteiger partial charge on any atom is -0.369 e. The molecule has 0 aromatic heterocycles. The molecule has 3 nitrogen and oxygen atoms in total. The predicted octanol–water partition coefficient (Wildman–Crippen LogP) is 2.78. The van der Waals surface area contributed by atoms with Gasteiger partial charge in [-0.1, -0.05) is 25.1 Å². The summed E-state index contributed by atoms with van der Waals surface area (Å²) in [6, 6.07) is 7.88. The van der Waals surface area contributed by atoms with Crippen LogP contribution in [0.15, 0.2) is 24.3 Å². The Morgan fingerprint density at radius 3 is 2.33 bits per heavy atom. The van der Waals surface area contributed by atoms with Crippen LogP contribution < -0.4 is 10.6 Å². The Hall–Kier alpha value is -1.27. The molecule has 0 aliphatic carbocycles. The lowest BCUT2D eigenvalue weighted by atomic mass is 10.0. The molecule has 0 spiro atoms. The second-order valence-electron chi connectivity index (χ2n) is 5.45. The van der Waals surface area contributed by atoms with Crippen LogP contribution in [0.2, 0.25) is 0 Å². The van der Waals surface area contributed by atoms with Gasteiger partial charge in [-0.3, -0.25) is 4.90 Å². The molecule has 0 amide bonds. The fourth-order valence-corrected chi connectivity index (χ4v) is 2.71. The summed E-state index contributed by atoms with van der Waals surface area (Å²) in [5.74, 6) is 0. The molecule has 0 radical (unpaired) electrons. The van der Waals surface area contributed by atoms with E-state index in [0.717, 1.165) is 17.7 Å². The lowest BCUT2D eigenvalue weighted by molar-refractivity contribution is -0.146. The zero-order valence-corrected chi connectivity index (χ0v) is 12.2. The van der Waals surface area contributed by atoms with Crippen LogP contribution in [0, 0.1) is 0 Å². The van der Waals surface area contributed by atoms with Crippen LogP contribution in [-0.4, -0.2) is 43.8 Å². The molecule has 21 heavy (non-hydrogen) atoms. The van der Waals surface area contributed by atoms with E-state index in [1.165, 1.54) is 4.90 Å². The van der Waals surface area contributed by atoms with Crippen LogP contribution in [-0.2, 0) is 0 Å². The average molecular weight is 301 g/mol. The number of anilines is 1. The maximum absolute atomic E-state index is 12.4. The van der Waals surface area contributed by atoms with Gasteiger partial charge in [-0.25, -0.2) is 0 Å². The van der Waals surface area contributed by atoms with E-state index in [1.807, 2.05) is 31.2 Å². The molecule has 2 N–H and O–H groups in total. The second-order valence-corrected chi connectivity index (χ2v) is 5.45. The number of halogens is 3. The van der Waals surface area contributed by atoms with Gasteiger partial charge in [-0.05, 0) is 18.1 Å². The molecule has 1 aliphatic heterocycles. The van der Waals surface area contributed by atoms with Crippen molar-refractivity contribution in [3.63, 3.8) is 0 Å². The molecule has 1 aliphatic rings. The van der Waals surface area contributed by atoms with E-state index in [4.69, 9.17) is 5.73 Å². The highest BCUT2D eigenvalue weighted by Crippen LogP contribution is 2.28. The number of para-hydroxylation sites is 1. The molecule has 2 rings (SSSR count). The van der Waals surface area contributed by atoms with E-state index in [2.05, 4.69) is 4.90 Å². The normalized spacial score (nSPS) is 18.8. The molecular weight excluding hydrogens is 279 g/mol. The molecule has 1 heterocycles. The van der Waals surface area contributed by atoms with Crippen molar-refractivity contribution in [3.05, 3.63) is 29.8 Å². The predicted molar refractivity (Wildman–Crippen MR) is 78.4 cm³/mol. The summed E-state index contributed by atoms with van der Waals surface area (Å²) in [6.07, 6.45) is -3.28. The molecule has 1 fully saturated rings. The Labute approximate surface area is 123 Å². The summed E-state index contributed by atoms with van der Waals surface area (Å²) in [5.41, 5.74) is 8.25. The van der Waals surface area contributed by atoms with E-state index in [-0.39, 0.29) is 6.04 Å². The Balaban J connectivity index is 2.03.